The number of benzene rings is 1. The summed E-state index contributed by atoms with van der Waals surface area (Å²) in [6, 6.07) is 5.79. The van der Waals surface area contributed by atoms with E-state index in [1.807, 2.05) is 32.0 Å². The fourth-order valence-electron chi connectivity index (χ4n) is 1.24. The Labute approximate surface area is 100 Å². The standard InChI is InChI=1S/C12H17NO2S/c1-4-15-12(14)9(3)16-11-7-8(2)5-6-10(11)13/h5-7,9H,4,13H2,1-3H3. The number of nitrogen functional groups attached to an aromatic ring is 1. The van der Waals surface area contributed by atoms with Crippen molar-refractivity contribution >= 4 is 23.4 Å². The molecule has 1 aromatic carbocycles. The summed E-state index contributed by atoms with van der Waals surface area (Å²) >= 11 is 1.43. The van der Waals surface area contributed by atoms with Crippen molar-refractivity contribution in [2.24, 2.45) is 0 Å². The van der Waals surface area contributed by atoms with Crippen molar-refractivity contribution in [3.63, 3.8) is 0 Å². The van der Waals surface area contributed by atoms with Crippen LogP contribution in [0.1, 0.15) is 19.4 Å². The minimum atomic E-state index is -0.232. The molecule has 0 aliphatic heterocycles. The summed E-state index contributed by atoms with van der Waals surface area (Å²) in [5, 5.41) is -0.232. The summed E-state index contributed by atoms with van der Waals surface area (Å²) in [6.07, 6.45) is 0. The highest BCUT2D eigenvalue weighted by molar-refractivity contribution is 8.00. The third kappa shape index (κ3) is 3.45. The second-order valence-corrected chi connectivity index (χ2v) is 4.94. The molecule has 4 heteroatoms. The van der Waals surface area contributed by atoms with Gasteiger partial charge in [0.1, 0.15) is 5.25 Å². The van der Waals surface area contributed by atoms with Gasteiger partial charge < -0.3 is 10.5 Å². The summed E-state index contributed by atoms with van der Waals surface area (Å²) in [7, 11) is 0. The quantitative estimate of drug-likeness (QED) is 0.498. The Hall–Kier alpha value is -1.16. The maximum atomic E-state index is 11.5. The monoisotopic (exact) mass is 239 g/mol. The van der Waals surface area contributed by atoms with Crippen molar-refractivity contribution in [2.45, 2.75) is 30.9 Å². The van der Waals surface area contributed by atoms with Gasteiger partial charge in [-0.3, -0.25) is 4.79 Å². The van der Waals surface area contributed by atoms with Crippen LogP contribution in [0.3, 0.4) is 0 Å². The molecule has 1 rings (SSSR count). The van der Waals surface area contributed by atoms with Crippen LogP contribution in [0.2, 0.25) is 0 Å². The molecular formula is C12H17NO2S. The van der Waals surface area contributed by atoms with E-state index in [4.69, 9.17) is 10.5 Å². The Morgan fingerprint density at radius 1 is 1.56 bits per heavy atom. The molecule has 0 amide bonds. The van der Waals surface area contributed by atoms with E-state index in [0.29, 0.717) is 12.3 Å². The van der Waals surface area contributed by atoms with E-state index in [-0.39, 0.29) is 11.2 Å². The molecule has 3 nitrogen and oxygen atoms in total. The minimum absolute atomic E-state index is 0.201. The van der Waals surface area contributed by atoms with Crippen molar-refractivity contribution in [1.29, 1.82) is 0 Å². The van der Waals surface area contributed by atoms with Crippen LogP contribution in [0.4, 0.5) is 5.69 Å². The minimum Gasteiger partial charge on any atom is -0.465 e. The van der Waals surface area contributed by atoms with Crippen molar-refractivity contribution in [1.82, 2.24) is 0 Å². The van der Waals surface area contributed by atoms with Crippen LogP contribution in [0.15, 0.2) is 23.1 Å². The van der Waals surface area contributed by atoms with Crippen LogP contribution >= 0.6 is 11.8 Å². The number of ether oxygens (including phenoxy) is 1. The van der Waals surface area contributed by atoms with Crippen molar-refractivity contribution < 1.29 is 9.53 Å². The lowest BCUT2D eigenvalue weighted by Gasteiger charge is -2.12. The van der Waals surface area contributed by atoms with Gasteiger partial charge in [-0.1, -0.05) is 6.07 Å². The molecule has 1 aromatic rings. The van der Waals surface area contributed by atoms with Gasteiger partial charge in [0.15, 0.2) is 0 Å². The predicted octanol–water partition coefficient (Wildman–Crippen LogP) is 2.62. The number of esters is 1. The molecule has 0 saturated carbocycles. The first-order valence-corrected chi connectivity index (χ1v) is 6.12. The maximum Gasteiger partial charge on any atom is 0.319 e. The van der Waals surface area contributed by atoms with Crippen molar-refractivity contribution in [3.05, 3.63) is 23.8 Å². The van der Waals surface area contributed by atoms with Gasteiger partial charge in [0.05, 0.1) is 6.61 Å². The average Bonchev–Trinajstić information content (AvgIpc) is 2.23. The first-order chi connectivity index (χ1) is 7.54. The van der Waals surface area contributed by atoms with E-state index in [1.54, 1.807) is 6.92 Å². The molecule has 1 atom stereocenters. The molecule has 0 spiro atoms. The fraction of sp³-hybridized carbons (Fsp3) is 0.417. The molecule has 0 radical (unpaired) electrons. The summed E-state index contributed by atoms with van der Waals surface area (Å²) in [6.45, 7) is 6.03. The Kier molecular flexibility index (Phi) is 4.68. The summed E-state index contributed by atoms with van der Waals surface area (Å²) < 4.78 is 4.95. The highest BCUT2D eigenvalue weighted by Gasteiger charge is 2.16. The zero-order valence-corrected chi connectivity index (χ0v) is 10.6. The van der Waals surface area contributed by atoms with Gasteiger partial charge in [0.2, 0.25) is 0 Å². The number of hydrogen-bond donors (Lipinski definition) is 1. The zero-order chi connectivity index (χ0) is 12.1. The van der Waals surface area contributed by atoms with E-state index in [2.05, 4.69) is 0 Å². The molecule has 2 N–H and O–H groups in total. The lowest BCUT2D eigenvalue weighted by atomic mass is 10.2. The van der Waals surface area contributed by atoms with E-state index in [1.165, 1.54) is 11.8 Å². The highest BCUT2D eigenvalue weighted by Crippen LogP contribution is 2.30. The molecule has 0 aliphatic carbocycles. The van der Waals surface area contributed by atoms with Crippen LogP contribution in [0.5, 0.6) is 0 Å². The zero-order valence-electron chi connectivity index (χ0n) is 9.82. The molecule has 0 aliphatic rings. The van der Waals surface area contributed by atoms with Gasteiger partial charge in [0.25, 0.3) is 0 Å². The van der Waals surface area contributed by atoms with Crippen molar-refractivity contribution in [2.75, 3.05) is 12.3 Å². The van der Waals surface area contributed by atoms with E-state index in [9.17, 15) is 4.79 Å². The third-order valence-electron chi connectivity index (χ3n) is 2.09. The number of hydrogen-bond acceptors (Lipinski definition) is 4. The number of thioether (sulfide) groups is 1. The van der Waals surface area contributed by atoms with Gasteiger partial charge in [0, 0.05) is 10.6 Å². The van der Waals surface area contributed by atoms with Gasteiger partial charge in [-0.05, 0) is 38.5 Å². The fourth-order valence-corrected chi connectivity index (χ4v) is 2.25. The topological polar surface area (TPSA) is 52.3 Å². The molecule has 16 heavy (non-hydrogen) atoms. The molecule has 0 bridgehead atoms. The Bertz CT molecular complexity index is 379. The first-order valence-electron chi connectivity index (χ1n) is 5.24. The predicted molar refractivity (Wildman–Crippen MR) is 67.5 cm³/mol. The molecule has 0 saturated heterocycles. The lowest BCUT2D eigenvalue weighted by molar-refractivity contribution is -0.142. The average molecular weight is 239 g/mol. The Balaban J connectivity index is 2.72. The largest absolute Gasteiger partial charge is 0.465 e. The molecular weight excluding hydrogens is 222 g/mol. The number of nitrogens with two attached hydrogens (primary N) is 1. The van der Waals surface area contributed by atoms with E-state index >= 15 is 0 Å². The van der Waals surface area contributed by atoms with Crippen LogP contribution < -0.4 is 5.73 Å². The Morgan fingerprint density at radius 2 is 2.25 bits per heavy atom. The van der Waals surface area contributed by atoms with Crippen LogP contribution in [-0.2, 0) is 9.53 Å². The second-order valence-electron chi connectivity index (χ2n) is 3.55. The molecule has 0 heterocycles. The smallest absolute Gasteiger partial charge is 0.319 e. The number of carbonyl (C=O) groups excluding carboxylic acids is 1. The number of aryl methyl sites for hydroxylation is 1. The number of rotatable bonds is 4. The van der Waals surface area contributed by atoms with Crippen LogP contribution in [0, 0.1) is 6.92 Å². The third-order valence-corrected chi connectivity index (χ3v) is 3.24. The van der Waals surface area contributed by atoms with Crippen LogP contribution in [-0.4, -0.2) is 17.8 Å². The summed E-state index contributed by atoms with van der Waals surface area (Å²) in [5.41, 5.74) is 7.67. The maximum absolute atomic E-state index is 11.5. The Morgan fingerprint density at radius 3 is 2.88 bits per heavy atom. The molecule has 0 fully saturated rings. The molecule has 0 aromatic heterocycles. The van der Waals surface area contributed by atoms with Crippen LogP contribution in [0.25, 0.3) is 0 Å². The van der Waals surface area contributed by atoms with Gasteiger partial charge >= 0.3 is 5.97 Å². The summed E-state index contributed by atoms with van der Waals surface area (Å²) in [5.74, 6) is -0.201. The SMILES string of the molecule is CCOC(=O)C(C)Sc1cc(C)ccc1N. The van der Waals surface area contributed by atoms with Crippen molar-refractivity contribution in [3.8, 4) is 0 Å². The van der Waals surface area contributed by atoms with Gasteiger partial charge in [-0.15, -0.1) is 11.8 Å². The lowest BCUT2D eigenvalue weighted by Crippen LogP contribution is -2.16. The number of anilines is 1. The molecule has 1 unspecified atom stereocenters. The van der Waals surface area contributed by atoms with E-state index < -0.39 is 0 Å². The highest BCUT2D eigenvalue weighted by atomic mass is 32.2. The molecule has 88 valence electrons. The second kappa shape index (κ2) is 5.80. The summed E-state index contributed by atoms with van der Waals surface area (Å²) in [4.78, 5) is 12.4. The van der Waals surface area contributed by atoms with Gasteiger partial charge in [-0.25, -0.2) is 0 Å². The van der Waals surface area contributed by atoms with E-state index in [0.717, 1.165) is 10.5 Å². The first kappa shape index (κ1) is 12.9. The normalized spacial score (nSPS) is 12.2. The van der Waals surface area contributed by atoms with Gasteiger partial charge in [-0.2, -0.15) is 0 Å². The number of carbonyl (C=O) groups is 1.